The zero-order valence-electron chi connectivity index (χ0n) is 16.7. The lowest BCUT2D eigenvalue weighted by atomic mass is 10.1. The highest BCUT2D eigenvalue weighted by atomic mass is 32.2. The molecule has 1 heterocycles. The highest BCUT2D eigenvalue weighted by Crippen LogP contribution is 2.28. The Hall–Kier alpha value is -3.44. The number of amides is 2. The van der Waals surface area contributed by atoms with Crippen LogP contribution in [0, 0.1) is 0 Å². The minimum Gasteiger partial charge on any atom is -0.483 e. The van der Waals surface area contributed by atoms with Crippen molar-refractivity contribution in [2.45, 2.75) is 0 Å². The van der Waals surface area contributed by atoms with Gasteiger partial charge in [-0.15, -0.1) is 11.3 Å². The molecule has 0 fully saturated rings. The smallest absolute Gasteiger partial charge is 0.261 e. The molecule has 0 atom stereocenters. The maximum Gasteiger partial charge on any atom is 0.261 e. The SMILES string of the molecule is CN(c1ccc(-c2csc(NC(=O)c3ccccc3OCC(N)=O)n2)cc1)S(C)(=O)=O. The van der Waals surface area contributed by atoms with E-state index in [1.165, 1.54) is 22.7 Å². The van der Waals surface area contributed by atoms with Crippen LogP contribution < -0.4 is 20.1 Å². The lowest BCUT2D eigenvalue weighted by molar-refractivity contribution is -0.119. The summed E-state index contributed by atoms with van der Waals surface area (Å²) in [6, 6.07) is 13.4. The largest absolute Gasteiger partial charge is 0.483 e. The minimum absolute atomic E-state index is 0.237. The van der Waals surface area contributed by atoms with Gasteiger partial charge in [-0.1, -0.05) is 24.3 Å². The third kappa shape index (κ3) is 5.58. The Morgan fingerprint density at radius 3 is 2.48 bits per heavy atom. The number of ether oxygens (including phenoxy) is 1. The van der Waals surface area contributed by atoms with Crippen molar-refractivity contribution < 1.29 is 22.7 Å². The molecule has 3 N–H and O–H groups in total. The predicted molar refractivity (Wildman–Crippen MR) is 120 cm³/mol. The van der Waals surface area contributed by atoms with Crippen molar-refractivity contribution >= 4 is 44.0 Å². The number of rotatable bonds is 8. The zero-order chi connectivity index (χ0) is 22.6. The second-order valence-corrected chi connectivity index (χ2v) is 9.39. The Balaban J connectivity index is 1.73. The number of nitrogens with one attached hydrogen (secondary N) is 1. The number of hydrogen-bond acceptors (Lipinski definition) is 7. The van der Waals surface area contributed by atoms with Crippen LogP contribution in [0.2, 0.25) is 0 Å². The number of aromatic nitrogens is 1. The van der Waals surface area contributed by atoms with Crippen LogP contribution in [0.15, 0.2) is 53.9 Å². The van der Waals surface area contributed by atoms with Crippen molar-refractivity contribution in [2.75, 3.05) is 29.5 Å². The molecule has 11 heteroatoms. The summed E-state index contributed by atoms with van der Waals surface area (Å²) in [6.07, 6.45) is 1.13. The fourth-order valence-electron chi connectivity index (χ4n) is 2.59. The molecular formula is C20H20N4O5S2. The molecule has 0 spiro atoms. The van der Waals surface area contributed by atoms with E-state index >= 15 is 0 Å². The van der Waals surface area contributed by atoms with Gasteiger partial charge in [-0.25, -0.2) is 13.4 Å². The van der Waals surface area contributed by atoms with Gasteiger partial charge in [0.15, 0.2) is 11.7 Å². The number of primary amides is 1. The van der Waals surface area contributed by atoms with Gasteiger partial charge in [0, 0.05) is 18.0 Å². The topological polar surface area (TPSA) is 132 Å². The minimum atomic E-state index is -3.35. The van der Waals surface area contributed by atoms with Crippen LogP contribution in [0.3, 0.4) is 0 Å². The summed E-state index contributed by atoms with van der Waals surface area (Å²) in [4.78, 5) is 28.0. The first-order valence-electron chi connectivity index (χ1n) is 8.96. The number of para-hydroxylation sites is 1. The molecular weight excluding hydrogens is 440 g/mol. The van der Waals surface area contributed by atoms with E-state index in [0.717, 1.165) is 11.8 Å². The number of sulfonamides is 1. The fourth-order valence-corrected chi connectivity index (χ4v) is 3.81. The van der Waals surface area contributed by atoms with Crippen molar-refractivity contribution in [1.29, 1.82) is 0 Å². The fraction of sp³-hybridized carbons (Fsp3) is 0.150. The summed E-state index contributed by atoms with van der Waals surface area (Å²) in [7, 11) is -1.87. The summed E-state index contributed by atoms with van der Waals surface area (Å²) in [5.41, 5.74) is 7.27. The molecule has 0 aliphatic heterocycles. The molecule has 3 rings (SSSR count). The van der Waals surface area contributed by atoms with E-state index in [0.29, 0.717) is 16.5 Å². The maximum absolute atomic E-state index is 12.6. The molecule has 0 radical (unpaired) electrons. The van der Waals surface area contributed by atoms with E-state index in [1.807, 2.05) is 0 Å². The van der Waals surface area contributed by atoms with Crippen molar-refractivity contribution in [3.8, 4) is 17.0 Å². The van der Waals surface area contributed by atoms with Crippen LogP contribution in [0.25, 0.3) is 11.3 Å². The Morgan fingerprint density at radius 1 is 1.16 bits per heavy atom. The molecule has 162 valence electrons. The van der Waals surface area contributed by atoms with E-state index in [2.05, 4.69) is 10.3 Å². The summed E-state index contributed by atoms with van der Waals surface area (Å²) in [5.74, 6) is -0.846. The van der Waals surface area contributed by atoms with Crippen molar-refractivity contribution in [2.24, 2.45) is 5.73 Å². The van der Waals surface area contributed by atoms with Crippen molar-refractivity contribution in [1.82, 2.24) is 4.98 Å². The number of benzene rings is 2. The monoisotopic (exact) mass is 460 g/mol. The molecule has 31 heavy (non-hydrogen) atoms. The third-order valence-corrected chi connectivity index (χ3v) is 6.21. The van der Waals surface area contributed by atoms with Gasteiger partial charge in [0.2, 0.25) is 10.0 Å². The quantitative estimate of drug-likeness (QED) is 0.530. The number of anilines is 2. The van der Waals surface area contributed by atoms with E-state index in [1.54, 1.807) is 53.9 Å². The van der Waals surface area contributed by atoms with Crippen molar-refractivity contribution in [3.63, 3.8) is 0 Å². The van der Waals surface area contributed by atoms with Crippen LogP contribution in [0.4, 0.5) is 10.8 Å². The van der Waals surface area contributed by atoms with Gasteiger partial charge in [0.1, 0.15) is 5.75 Å². The third-order valence-electron chi connectivity index (χ3n) is 4.25. The first kappa shape index (κ1) is 22.2. The summed E-state index contributed by atoms with van der Waals surface area (Å²) < 4.78 is 29.8. The number of carbonyl (C=O) groups is 2. The maximum atomic E-state index is 12.6. The highest BCUT2D eigenvalue weighted by Gasteiger charge is 2.16. The molecule has 0 aliphatic rings. The van der Waals surface area contributed by atoms with Gasteiger partial charge in [0.25, 0.3) is 11.8 Å². The number of nitrogens with zero attached hydrogens (tertiary/aromatic N) is 2. The molecule has 2 amide bonds. The molecule has 9 nitrogen and oxygen atoms in total. The molecule has 0 aliphatic carbocycles. The molecule has 0 saturated carbocycles. The molecule has 2 aromatic carbocycles. The standard InChI is InChI=1S/C20H20N4O5S2/c1-24(31(2,27)28)14-9-7-13(8-10-14)16-12-30-20(22-16)23-19(26)15-5-3-4-6-17(15)29-11-18(21)25/h3-10,12H,11H2,1-2H3,(H2,21,25)(H,22,23,26). The van der Waals surface area contributed by atoms with Crippen LogP contribution in [0.5, 0.6) is 5.75 Å². The second-order valence-electron chi connectivity index (χ2n) is 6.52. The number of hydrogen-bond donors (Lipinski definition) is 2. The van der Waals surface area contributed by atoms with Gasteiger partial charge in [-0.05, 0) is 24.3 Å². The second kappa shape index (κ2) is 9.14. The molecule has 0 unspecified atom stereocenters. The Labute approximate surface area is 183 Å². The van der Waals surface area contributed by atoms with Crippen LogP contribution in [-0.2, 0) is 14.8 Å². The number of nitrogens with two attached hydrogens (primary N) is 1. The first-order chi connectivity index (χ1) is 14.6. The van der Waals surface area contributed by atoms with Gasteiger partial charge in [-0.3, -0.25) is 19.2 Å². The molecule has 1 aromatic heterocycles. The summed E-state index contributed by atoms with van der Waals surface area (Å²) in [5, 5.41) is 4.87. The molecule has 0 bridgehead atoms. The summed E-state index contributed by atoms with van der Waals surface area (Å²) >= 11 is 1.24. The lowest BCUT2D eigenvalue weighted by Crippen LogP contribution is -2.24. The van der Waals surface area contributed by atoms with Gasteiger partial charge >= 0.3 is 0 Å². The average Bonchev–Trinajstić information content (AvgIpc) is 3.19. The number of carbonyl (C=O) groups excluding carboxylic acids is 2. The Bertz CT molecular complexity index is 1210. The van der Waals surface area contributed by atoms with Crippen molar-refractivity contribution in [3.05, 3.63) is 59.5 Å². The normalized spacial score (nSPS) is 11.0. The Morgan fingerprint density at radius 2 is 1.84 bits per heavy atom. The van der Waals surface area contributed by atoms with Gasteiger partial charge < -0.3 is 10.5 Å². The van der Waals surface area contributed by atoms with Crippen LogP contribution >= 0.6 is 11.3 Å². The Kier molecular flexibility index (Phi) is 6.56. The van der Waals surface area contributed by atoms with Crippen LogP contribution in [0.1, 0.15) is 10.4 Å². The lowest BCUT2D eigenvalue weighted by Gasteiger charge is -2.16. The number of thiazole rings is 1. The van der Waals surface area contributed by atoms with Crippen LogP contribution in [-0.4, -0.2) is 45.1 Å². The van der Waals surface area contributed by atoms with E-state index in [9.17, 15) is 18.0 Å². The van der Waals surface area contributed by atoms with Gasteiger partial charge in [0.05, 0.1) is 23.2 Å². The molecule has 0 saturated heterocycles. The average molecular weight is 461 g/mol. The van der Waals surface area contributed by atoms with E-state index in [-0.39, 0.29) is 17.9 Å². The van der Waals surface area contributed by atoms with E-state index < -0.39 is 21.8 Å². The molecule has 3 aromatic rings. The van der Waals surface area contributed by atoms with E-state index in [4.69, 9.17) is 10.5 Å². The predicted octanol–water partition coefficient (Wildman–Crippen LogP) is 2.32. The summed E-state index contributed by atoms with van der Waals surface area (Å²) in [6.45, 7) is -0.337. The zero-order valence-corrected chi connectivity index (χ0v) is 18.4. The first-order valence-corrected chi connectivity index (χ1v) is 11.7. The van der Waals surface area contributed by atoms with Gasteiger partial charge in [-0.2, -0.15) is 0 Å². The highest BCUT2D eigenvalue weighted by molar-refractivity contribution is 7.92.